The third-order valence-corrected chi connectivity index (χ3v) is 4.99. The Morgan fingerprint density at radius 2 is 2.11 bits per heavy atom. The summed E-state index contributed by atoms with van der Waals surface area (Å²) in [5, 5.41) is 1.86. The molecule has 2 amide bonds. The highest BCUT2D eigenvalue weighted by Crippen LogP contribution is 2.29. The number of hydrogen-bond acceptors (Lipinski definition) is 3. The Morgan fingerprint density at radius 1 is 1.44 bits per heavy atom. The van der Waals surface area contributed by atoms with Crippen LogP contribution < -0.4 is 5.73 Å². The SMILES string of the molecule is NC(=O)CN(C(=O)c1sccc1Br)C1CCCC1. The molecule has 2 N–H and O–H groups in total. The molecular formula is C12H15BrN2O2S. The molecule has 18 heavy (non-hydrogen) atoms. The lowest BCUT2D eigenvalue weighted by molar-refractivity contribution is -0.119. The summed E-state index contributed by atoms with van der Waals surface area (Å²) in [7, 11) is 0. The van der Waals surface area contributed by atoms with Gasteiger partial charge in [-0.05, 0) is 40.2 Å². The zero-order valence-electron chi connectivity index (χ0n) is 9.89. The smallest absolute Gasteiger partial charge is 0.265 e. The van der Waals surface area contributed by atoms with Gasteiger partial charge in [0.15, 0.2) is 0 Å². The van der Waals surface area contributed by atoms with Crippen LogP contribution in [0.2, 0.25) is 0 Å². The Hall–Kier alpha value is -0.880. The Kier molecular flexibility index (Phi) is 4.40. The second-order valence-electron chi connectivity index (χ2n) is 4.44. The van der Waals surface area contributed by atoms with E-state index < -0.39 is 5.91 Å². The Morgan fingerprint density at radius 3 is 2.61 bits per heavy atom. The molecule has 0 aromatic carbocycles. The molecule has 1 aliphatic rings. The normalized spacial score (nSPS) is 15.8. The van der Waals surface area contributed by atoms with Crippen LogP contribution in [0.4, 0.5) is 0 Å². The van der Waals surface area contributed by atoms with Crippen molar-refractivity contribution in [3.8, 4) is 0 Å². The zero-order valence-corrected chi connectivity index (χ0v) is 12.3. The molecule has 1 aromatic rings. The summed E-state index contributed by atoms with van der Waals surface area (Å²) in [5.41, 5.74) is 5.25. The highest BCUT2D eigenvalue weighted by Gasteiger charge is 2.29. The number of amides is 2. The van der Waals surface area contributed by atoms with Crippen LogP contribution in [0.15, 0.2) is 15.9 Å². The van der Waals surface area contributed by atoms with E-state index >= 15 is 0 Å². The molecule has 0 atom stereocenters. The number of thiophene rings is 1. The molecule has 1 aromatic heterocycles. The standard InChI is InChI=1S/C12H15BrN2O2S/c13-9-5-6-18-11(9)12(17)15(7-10(14)16)8-3-1-2-4-8/h5-6,8H,1-4,7H2,(H2,14,16). The maximum absolute atomic E-state index is 12.4. The maximum Gasteiger partial charge on any atom is 0.265 e. The van der Waals surface area contributed by atoms with Gasteiger partial charge in [-0.15, -0.1) is 11.3 Å². The molecular weight excluding hydrogens is 316 g/mol. The van der Waals surface area contributed by atoms with E-state index in [-0.39, 0.29) is 18.5 Å². The van der Waals surface area contributed by atoms with Crippen LogP contribution in [-0.4, -0.2) is 29.3 Å². The first-order chi connectivity index (χ1) is 8.59. The number of nitrogens with two attached hydrogens (primary N) is 1. The van der Waals surface area contributed by atoms with Gasteiger partial charge in [-0.25, -0.2) is 0 Å². The monoisotopic (exact) mass is 330 g/mol. The van der Waals surface area contributed by atoms with Gasteiger partial charge in [0.25, 0.3) is 5.91 Å². The molecule has 2 rings (SSSR count). The minimum absolute atomic E-state index is 0.00778. The fourth-order valence-electron chi connectivity index (χ4n) is 2.33. The number of primary amides is 1. The largest absolute Gasteiger partial charge is 0.368 e. The number of hydrogen-bond donors (Lipinski definition) is 1. The van der Waals surface area contributed by atoms with Crippen molar-refractivity contribution in [1.82, 2.24) is 4.90 Å². The quantitative estimate of drug-likeness (QED) is 0.921. The third-order valence-electron chi connectivity index (χ3n) is 3.16. The predicted octanol–water partition coefficient (Wildman–Crippen LogP) is 2.38. The average molecular weight is 331 g/mol. The van der Waals surface area contributed by atoms with Crippen LogP contribution in [0.25, 0.3) is 0 Å². The average Bonchev–Trinajstić information content (AvgIpc) is 2.95. The molecule has 1 saturated carbocycles. The molecule has 0 spiro atoms. The van der Waals surface area contributed by atoms with E-state index in [2.05, 4.69) is 15.9 Å². The van der Waals surface area contributed by atoms with Gasteiger partial charge in [-0.3, -0.25) is 9.59 Å². The Labute approximate surface area is 118 Å². The van der Waals surface area contributed by atoms with Gasteiger partial charge in [0, 0.05) is 10.5 Å². The van der Waals surface area contributed by atoms with E-state index in [1.807, 2.05) is 11.4 Å². The number of rotatable bonds is 4. The van der Waals surface area contributed by atoms with E-state index in [0.29, 0.717) is 4.88 Å². The van der Waals surface area contributed by atoms with Gasteiger partial charge in [-0.2, -0.15) is 0 Å². The Bertz CT molecular complexity index is 455. The first-order valence-electron chi connectivity index (χ1n) is 5.92. The molecule has 1 heterocycles. The molecule has 0 radical (unpaired) electrons. The fourth-order valence-corrected chi connectivity index (χ4v) is 3.82. The summed E-state index contributed by atoms with van der Waals surface area (Å²) >= 11 is 4.74. The van der Waals surface area contributed by atoms with Crippen molar-refractivity contribution in [3.05, 3.63) is 20.8 Å². The maximum atomic E-state index is 12.4. The Balaban J connectivity index is 2.20. The van der Waals surface area contributed by atoms with Crippen molar-refractivity contribution < 1.29 is 9.59 Å². The summed E-state index contributed by atoms with van der Waals surface area (Å²) < 4.78 is 0.782. The summed E-state index contributed by atoms with van der Waals surface area (Å²) in [4.78, 5) is 25.9. The second-order valence-corrected chi connectivity index (χ2v) is 6.21. The highest BCUT2D eigenvalue weighted by atomic mass is 79.9. The second kappa shape index (κ2) is 5.84. The molecule has 98 valence electrons. The van der Waals surface area contributed by atoms with E-state index in [0.717, 1.165) is 30.2 Å². The summed E-state index contributed by atoms with van der Waals surface area (Å²) in [5.74, 6) is -0.550. The summed E-state index contributed by atoms with van der Waals surface area (Å²) in [6, 6.07) is 1.99. The minimum atomic E-state index is -0.456. The first-order valence-corrected chi connectivity index (χ1v) is 7.59. The van der Waals surface area contributed by atoms with E-state index in [9.17, 15) is 9.59 Å². The van der Waals surface area contributed by atoms with Crippen LogP contribution >= 0.6 is 27.3 Å². The molecule has 4 nitrogen and oxygen atoms in total. The van der Waals surface area contributed by atoms with Gasteiger partial charge in [0.1, 0.15) is 4.88 Å². The molecule has 6 heteroatoms. The number of carbonyl (C=O) groups excluding carboxylic acids is 2. The van der Waals surface area contributed by atoms with Crippen molar-refractivity contribution >= 4 is 39.1 Å². The third kappa shape index (κ3) is 2.92. The summed E-state index contributed by atoms with van der Waals surface area (Å²) in [6.07, 6.45) is 4.14. The van der Waals surface area contributed by atoms with E-state index in [1.165, 1.54) is 11.3 Å². The van der Waals surface area contributed by atoms with Crippen LogP contribution in [0.3, 0.4) is 0 Å². The minimum Gasteiger partial charge on any atom is -0.368 e. The van der Waals surface area contributed by atoms with E-state index in [1.54, 1.807) is 4.90 Å². The highest BCUT2D eigenvalue weighted by molar-refractivity contribution is 9.10. The van der Waals surface area contributed by atoms with Crippen molar-refractivity contribution in [2.75, 3.05) is 6.54 Å². The van der Waals surface area contributed by atoms with Crippen molar-refractivity contribution in [1.29, 1.82) is 0 Å². The van der Waals surface area contributed by atoms with Crippen LogP contribution in [-0.2, 0) is 4.79 Å². The molecule has 1 fully saturated rings. The lowest BCUT2D eigenvalue weighted by Gasteiger charge is -2.27. The van der Waals surface area contributed by atoms with Gasteiger partial charge < -0.3 is 10.6 Å². The van der Waals surface area contributed by atoms with Gasteiger partial charge >= 0.3 is 0 Å². The van der Waals surface area contributed by atoms with Gasteiger partial charge in [0.05, 0.1) is 6.54 Å². The molecule has 1 aliphatic carbocycles. The lowest BCUT2D eigenvalue weighted by atomic mass is 10.2. The predicted molar refractivity (Wildman–Crippen MR) is 74.5 cm³/mol. The topological polar surface area (TPSA) is 63.4 Å². The molecule has 0 saturated heterocycles. The van der Waals surface area contributed by atoms with Crippen LogP contribution in [0, 0.1) is 0 Å². The van der Waals surface area contributed by atoms with Crippen molar-refractivity contribution in [3.63, 3.8) is 0 Å². The lowest BCUT2D eigenvalue weighted by Crippen LogP contribution is -2.44. The van der Waals surface area contributed by atoms with E-state index in [4.69, 9.17) is 5.73 Å². The zero-order chi connectivity index (χ0) is 13.1. The summed E-state index contributed by atoms with van der Waals surface area (Å²) in [6.45, 7) is 0.00778. The molecule has 0 unspecified atom stereocenters. The van der Waals surface area contributed by atoms with Gasteiger partial charge in [0.2, 0.25) is 5.91 Å². The fraction of sp³-hybridized carbons (Fsp3) is 0.500. The first kappa shape index (κ1) is 13.5. The molecule has 0 aliphatic heterocycles. The van der Waals surface area contributed by atoms with Crippen molar-refractivity contribution in [2.45, 2.75) is 31.7 Å². The van der Waals surface area contributed by atoms with Crippen LogP contribution in [0.1, 0.15) is 35.4 Å². The van der Waals surface area contributed by atoms with Gasteiger partial charge in [-0.1, -0.05) is 12.8 Å². The number of halogens is 1. The molecule has 0 bridgehead atoms. The number of nitrogens with zero attached hydrogens (tertiary/aromatic N) is 1. The van der Waals surface area contributed by atoms with Crippen LogP contribution in [0.5, 0.6) is 0 Å². The van der Waals surface area contributed by atoms with Crippen molar-refractivity contribution in [2.24, 2.45) is 5.73 Å². The number of carbonyl (C=O) groups is 2.